The van der Waals surface area contributed by atoms with Crippen molar-refractivity contribution in [1.29, 1.82) is 0 Å². The van der Waals surface area contributed by atoms with Gasteiger partial charge in [0.25, 0.3) is 5.56 Å². The van der Waals surface area contributed by atoms with Crippen LogP contribution in [0.15, 0.2) is 41.3 Å². The number of H-pyrrole nitrogens is 1. The highest BCUT2D eigenvalue weighted by molar-refractivity contribution is 6.33. The highest BCUT2D eigenvalue weighted by Gasteiger charge is 2.18. The van der Waals surface area contributed by atoms with E-state index in [0.29, 0.717) is 16.2 Å². The smallest absolute Gasteiger partial charge is 0.328 e. The van der Waals surface area contributed by atoms with Gasteiger partial charge in [0.15, 0.2) is 0 Å². The van der Waals surface area contributed by atoms with Gasteiger partial charge in [-0.3, -0.25) is 9.36 Å². The normalized spacial score (nSPS) is 12.3. The quantitative estimate of drug-likeness (QED) is 0.564. The summed E-state index contributed by atoms with van der Waals surface area (Å²) in [6.45, 7) is 1.61. The first-order chi connectivity index (χ1) is 11.4. The molecular weight excluding hydrogens is 330 g/mol. The summed E-state index contributed by atoms with van der Waals surface area (Å²) < 4.78 is 6.03. The van der Waals surface area contributed by atoms with Crippen molar-refractivity contribution in [3.05, 3.63) is 51.9 Å². The number of methoxy groups -OCH3 is 1. The molecular formula is C17H16ClN3O3. The molecule has 0 saturated heterocycles. The maximum absolute atomic E-state index is 12.6. The van der Waals surface area contributed by atoms with Gasteiger partial charge in [0.2, 0.25) is 0 Å². The van der Waals surface area contributed by atoms with Gasteiger partial charge in [0.05, 0.1) is 17.8 Å². The minimum absolute atomic E-state index is 0.293. The zero-order chi connectivity index (χ0) is 17.4. The van der Waals surface area contributed by atoms with Crippen LogP contribution in [0.25, 0.3) is 22.2 Å². The number of halogens is 1. The number of nitrogens with zero attached hydrogens (tertiary/aromatic N) is 1. The number of esters is 1. The van der Waals surface area contributed by atoms with E-state index >= 15 is 0 Å². The lowest BCUT2D eigenvalue weighted by Crippen LogP contribution is -2.28. The van der Waals surface area contributed by atoms with E-state index < -0.39 is 12.0 Å². The van der Waals surface area contributed by atoms with Crippen LogP contribution >= 0.6 is 11.6 Å². The minimum atomic E-state index is -0.704. The molecule has 1 aromatic carbocycles. The standard InChI is InChI=1S/C17H16ClN3O3/c1-9(17(23)24-2)21-6-5-11-8-14(20-15(11)16(21)22)10-3-4-13(19)12(18)7-10/h3-9,20H,19H2,1-2H3. The summed E-state index contributed by atoms with van der Waals surface area (Å²) in [5, 5.41) is 1.19. The zero-order valence-corrected chi connectivity index (χ0v) is 13.9. The number of carbonyl (C=O) groups excluding carboxylic acids is 1. The number of fused-ring (bicyclic) bond motifs is 1. The average molecular weight is 346 g/mol. The molecule has 0 aliphatic heterocycles. The fourth-order valence-corrected chi connectivity index (χ4v) is 2.76. The third-order valence-electron chi connectivity index (χ3n) is 3.98. The van der Waals surface area contributed by atoms with Gasteiger partial charge in [0.1, 0.15) is 11.6 Å². The highest BCUT2D eigenvalue weighted by atomic mass is 35.5. The molecule has 2 aromatic heterocycles. The third kappa shape index (κ3) is 2.65. The molecule has 0 aliphatic carbocycles. The number of benzene rings is 1. The molecule has 1 atom stereocenters. The van der Waals surface area contributed by atoms with Crippen LogP contribution in [0.2, 0.25) is 5.02 Å². The number of hydrogen-bond acceptors (Lipinski definition) is 4. The summed E-state index contributed by atoms with van der Waals surface area (Å²) in [4.78, 5) is 27.4. The van der Waals surface area contributed by atoms with Crippen molar-refractivity contribution in [1.82, 2.24) is 9.55 Å². The van der Waals surface area contributed by atoms with Gasteiger partial charge in [-0.25, -0.2) is 4.79 Å². The first kappa shape index (κ1) is 16.1. The van der Waals surface area contributed by atoms with Gasteiger partial charge in [-0.15, -0.1) is 0 Å². The Kier molecular flexibility index (Phi) is 4.07. The number of nitrogen functional groups attached to an aromatic ring is 1. The average Bonchev–Trinajstić information content (AvgIpc) is 3.01. The monoisotopic (exact) mass is 345 g/mol. The molecule has 0 aliphatic rings. The van der Waals surface area contributed by atoms with Crippen molar-refractivity contribution >= 4 is 34.2 Å². The fraction of sp³-hybridized carbons (Fsp3) is 0.176. The number of ether oxygens (including phenoxy) is 1. The topological polar surface area (TPSA) is 90.1 Å². The summed E-state index contributed by atoms with van der Waals surface area (Å²) in [5.41, 5.74) is 7.89. The third-order valence-corrected chi connectivity index (χ3v) is 4.31. The van der Waals surface area contributed by atoms with Crippen LogP contribution in [0.1, 0.15) is 13.0 Å². The van der Waals surface area contributed by atoms with Crippen LogP contribution in [0.3, 0.4) is 0 Å². The van der Waals surface area contributed by atoms with Crippen molar-refractivity contribution in [3.8, 4) is 11.3 Å². The Balaban J connectivity index is 2.12. The molecule has 0 amide bonds. The molecule has 2 heterocycles. The summed E-state index contributed by atoms with van der Waals surface area (Å²) in [6.07, 6.45) is 1.58. The van der Waals surface area contributed by atoms with Crippen LogP contribution in [0, 0.1) is 0 Å². The molecule has 3 N–H and O–H groups in total. The fourth-order valence-electron chi connectivity index (χ4n) is 2.58. The van der Waals surface area contributed by atoms with Crippen LogP contribution in [0.5, 0.6) is 0 Å². The van der Waals surface area contributed by atoms with Gasteiger partial charge in [-0.1, -0.05) is 17.7 Å². The van der Waals surface area contributed by atoms with Crippen LogP contribution in [-0.4, -0.2) is 22.6 Å². The number of hydrogen-bond donors (Lipinski definition) is 2. The second-order valence-corrected chi connectivity index (χ2v) is 5.88. The molecule has 24 heavy (non-hydrogen) atoms. The predicted octanol–water partition coefficient (Wildman–Crippen LogP) is 2.97. The van der Waals surface area contributed by atoms with E-state index in [-0.39, 0.29) is 5.56 Å². The molecule has 3 rings (SSSR count). The Morgan fingerprint density at radius 3 is 2.75 bits per heavy atom. The molecule has 0 saturated carbocycles. The molecule has 3 aromatic rings. The Hall–Kier alpha value is -2.73. The minimum Gasteiger partial charge on any atom is -0.467 e. The van der Waals surface area contributed by atoms with Gasteiger partial charge < -0.3 is 15.5 Å². The SMILES string of the molecule is COC(=O)C(C)n1ccc2cc(-c3ccc(N)c(Cl)c3)[nH]c2c1=O. The largest absolute Gasteiger partial charge is 0.467 e. The molecule has 124 valence electrons. The Morgan fingerprint density at radius 1 is 1.33 bits per heavy atom. The van der Waals surface area contributed by atoms with Gasteiger partial charge in [-0.05, 0) is 36.8 Å². The van der Waals surface area contributed by atoms with Crippen LogP contribution in [0.4, 0.5) is 5.69 Å². The van der Waals surface area contributed by atoms with Crippen molar-refractivity contribution < 1.29 is 9.53 Å². The number of carbonyl (C=O) groups is 1. The summed E-state index contributed by atoms with van der Waals surface area (Å²) in [6, 6.07) is 8.19. The summed E-state index contributed by atoms with van der Waals surface area (Å²) in [5.74, 6) is -0.478. The number of rotatable bonds is 3. The molecule has 0 spiro atoms. The number of pyridine rings is 1. The molecule has 7 heteroatoms. The van der Waals surface area contributed by atoms with E-state index in [1.54, 1.807) is 31.3 Å². The van der Waals surface area contributed by atoms with E-state index in [1.165, 1.54) is 11.7 Å². The number of aromatic amines is 1. The van der Waals surface area contributed by atoms with E-state index in [0.717, 1.165) is 16.6 Å². The first-order valence-corrected chi connectivity index (χ1v) is 7.67. The number of nitrogens with two attached hydrogens (primary N) is 1. The highest BCUT2D eigenvalue weighted by Crippen LogP contribution is 2.28. The number of anilines is 1. The second-order valence-electron chi connectivity index (χ2n) is 5.48. The van der Waals surface area contributed by atoms with Gasteiger partial charge >= 0.3 is 5.97 Å². The summed E-state index contributed by atoms with van der Waals surface area (Å²) >= 11 is 6.06. The van der Waals surface area contributed by atoms with Crippen LogP contribution < -0.4 is 11.3 Å². The maximum Gasteiger partial charge on any atom is 0.328 e. The number of aromatic nitrogens is 2. The molecule has 1 unspecified atom stereocenters. The van der Waals surface area contributed by atoms with Crippen molar-refractivity contribution in [2.24, 2.45) is 0 Å². The van der Waals surface area contributed by atoms with E-state index in [2.05, 4.69) is 4.98 Å². The lowest BCUT2D eigenvalue weighted by molar-refractivity contribution is -0.144. The molecule has 0 radical (unpaired) electrons. The Bertz CT molecular complexity index is 990. The van der Waals surface area contributed by atoms with Gasteiger partial charge in [-0.2, -0.15) is 0 Å². The lowest BCUT2D eigenvalue weighted by atomic mass is 10.1. The Labute approximate surface area is 142 Å². The van der Waals surface area contributed by atoms with Crippen molar-refractivity contribution in [3.63, 3.8) is 0 Å². The van der Waals surface area contributed by atoms with Crippen molar-refractivity contribution in [2.75, 3.05) is 12.8 Å². The van der Waals surface area contributed by atoms with E-state index in [4.69, 9.17) is 22.1 Å². The molecule has 6 nitrogen and oxygen atoms in total. The molecule has 0 bridgehead atoms. The zero-order valence-electron chi connectivity index (χ0n) is 13.2. The lowest BCUT2D eigenvalue weighted by Gasteiger charge is -2.12. The van der Waals surface area contributed by atoms with Crippen molar-refractivity contribution in [2.45, 2.75) is 13.0 Å². The Morgan fingerprint density at radius 2 is 2.08 bits per heavy atom. The predicted molar refractivity (Wildman–Crippen MR) is 94.1 cm³/mol. The first-order valence-electron chi connectivity index (χ1n) is 7.29. The van der Waals surface area contributed by atoms with Crippen LogP contribution in [-0.2, 0) is 9.53 Å². The molecule has 0 fully saturated rings. The van der Waals surface area contributed by atoms with Gasteiger partial charge in [0, 0.05) is 17.3 Å². The van der Waals surface area contributed by atoms with E-state index in [1.807, 2.05) is 12.1 Å². The van der Waals surface area contributed by atoms with E-state index in [9.17, 15) is 9.59 Å². The second kappa shape index (κ2) is 6.05. The maximum atomic E-state index is 12.6. The summed E-state index contributed by atoms with van der Waals surface area (Å²) in [7, 11) is 1.29. The number of nitrogens with one attached hydrogen (secondary N) is 1.